The minimum Gasteiger partial charge on any atom is -0.422 e. The van der Waals surface area contributed by atoms with Gasteiger partial charge in [0.1, 0.15) is 6.61 Å². The molecule has 0 atom stereocenters. The zero-order valence-electron chi connectivity index (χ0n) is 8.98. The van der Waals surface area contributed by atoms with E-state index >= 15 is 0 Å². The van der Waals surface area contributed by atoms with Gasteiger partial charge in [-0.15, -0.1) is 10.2 Å². The molecule has 1 fully saturated rings. The number of aromatic nitrogens is 2. The van der Waals surface area contributed by atoms with Crippen molar-refractivity contribution in [2.45, 2.75) is 44.2 Å². The van der Waals surface area contributed by atoms with E-state index in [9.17, 15) is 0 Å². The number of nitrogens with two attached hydrogens (primary N) is 1. The maximum atomic E-state index is 5.84. The Bertz CT molecular complexity index is 305. The molecule has 1 heterocycles. The molecule has 84 valence electrons. The van der Waals surface area contributed by atoms with Crippen LogP contribution in [-0.2, 0) is 11.3 Å². The Morgan fingerprint density at radius 3 is 2.73 bits per heavy atom. The van der Waals surface area contributed by atoms with Crippen molar-refractivity contribution in [2.75, 3.05) is 7.11 Å². The predicted octanol–water partition coefficient (Wildman–Crippen LogP) is 1.20. The van der Waals surface area contributed by atoms with Gasteiger partial charge in [0, 0.05) is 19.1 Å². The Hall–Kier alpha value is -0.940. The second kappa shape index (κ2) is 4.72. The highest BCUT2D eigenvalue weighted by molar-refractivity contribution is 4.94. The summed E-state index contributed by atoms with van der Waals surface area (Å²) in [5.41, 5.74) is 5.84. The molecule has 0 amide bonds. The minimum atomic E-state index is 0.350. The third kappa shape index (κ3) is 2.54. The second-order valence-corrected chi connectivity index (χ2v) is 4.08. The standard InChI is InChI=1S/C10H17N3O2/c1-14-6-9-12-13-10(15-9)7-2-4-8(11)5-3-7/h7-8H,2-6,11H2,1H3. The summed E-state index contributed by atoms with van der Waals surface area (Å²) in [5.74, 6) is 1.69. The third-order valence-corrected chi connectivity index (χ3v) is 2.87. The average molecular weight is 211 g/mol. The zero-order chi connectivity index (χ0) is 10.7. The molecule has 0 radical (unpaired) electrons. The van der Waals surface area contributed by atoms with Crippen molar-refractivity contribution >= 4 is 0 Å². The molecule has 1 aromatic rings. The van der Waals surface area contributed by atoms with E-state index in [1.165, 1.54) is 0 Å². The van der Waals surface area contributed by atoms with Gasteiger partial charge in [0.2, 0.25) is 11.8 Å². The highest BCUT2D eigenvalue weighted by atomic mass is 16.5. The average Bonchev–Trinajstić information content (AvgIpc) is 2.68. The van der Waals surface area contributed by atoms with Crippen LogP contribution < -0.4 is 5.73 Å². The van der Waals surface area contributed by atoms with E-state index in [2.05, 4.69) is 10.2 Å². The van der Waals surface area contributed by atoms with E-state index in [0.717, 1.165) is 31.6 Å². The first-order chi connectivity index (χ1) is 7.29. The molecule has 0 bridgehead atoms. The molecule has 2 rings (SSSR count). The van der Waals surface area contributed by atoms with Crippen LogP contribution in [0, 0.1) is 0 Å². The molecule has 2 N–H and O–H groups in total. The number of rotatable bonds is 3. The fraction of sp³-hybridized carbons (Fsp3) is 0.800. The Morgan fingerprint density at radius 1 is 1.33 bits per heavy atom. The predicted molar refractivity (Wildman–Crippen MR) is 54.2 cm³/mol. The number of hydrogen-bond acceptors (Lipinski definition) is 5. The fourth-order valence-corrected chi connectivity index (χ4v) is 1.98. The fourth-order valence-electron chi connectivity index (χ4n) is 1.98. The Kier molecular flexibility index (Phi) is 3.33. The van der Waals surface area contributed by atoms with Crippen LogP contribution in [-0.4, -0.2) is 23.3 Å². The summed E-state index contributed by atoms with van der Waals surface area (Å²) in [4.78, 5) is 0. The van der Waals surface area contributed by atoms with E-state index in [1.807, 2.05) is 0 Å². The lowest BCUT2D eigenvalue weighted by Gasteiger charge is -2.23. The van der Waals surface area contributed by atoms with Crippen LogP contribution in [0.3, 0.4) is 0 Å². The maximum absolute atomic E-state index is 5.84. The van der Waals surface area contributed by atoms with Crippen molar-refractivity contribution in [3.8, 4) is 0 Å². The van der Waals surface area contributed by atoms with Crippen molar-refractivity contribution in [2.24, 2.45) is 5.73 Å². The lowest BCUT2D eigenvalue weighted by atomic mass is 9.86. The van der Waals surface area contributed by atoms with E-state index in [4.69, 9.17) is 14.9 Å². The van der Waals surface area contributed by atoms with Gasteiger partial charge in [0.15, 0.2) is 0 Å². The first-order valence-corrected chi connectivity index (χ1v) is 5.36. The molecule has 1 aromatic heterocycles. The van der Waals surface area contributed by atoms with Crippen molar-refractivity contribution in [3.63, 3.8) is 0 Å². The van der Waals surface area contributed by atoms with Crippen LogP contribution in [0.15, 0.2) is 4.42 Å². The van der Waals surface area contributed by atoms with Crippen molar-refractivity contribution in [1.29, 1.82) is 0 Å². The Labute approximate surface area is 89.0 Å². The number of hydrogen-bond donors (Lipinski definition) is 1. The zero-order valence-corrected chi connectivity index (χ0v) is 8.98. The molecule has 5 heteroatoms. The summed E-state index contributed by atoms with van der Waals surface area (Å²) in [6, 6.07) is 0.350. The Morgan fingerprint density at radius 2 is 2.07 bits per heavy atom. The molecule has 1 saturated carbocycles. The van der Waals surface area contributed by atoms with E-state index < -0.39 is 0 Å². The maximum Gasteiger partial charge on any atom is 0.242 e. The Balaban J connectivity index is 1.96. The van der Waals surface area contributed by atoms with Gasteiger partial charge in [-0.25, -0.2) is 0 Å². The highest BCUT2D eigenvalue weighted by Gasteiger charge is 2.24. The lowest BCUT2D eigenvalue weighted by molar-refractivity contribution is 0.156. The molecular weight excluding hydrogens is 194 g/mol. The summed E-state index contributed by atoms with van der Waals surface area (Å²) in [6.45, 7) is 0.388. The van der Waals surface area contributed by atoms with Crippen molar-refractivity contribution in [1.82, 2.24) is 10.2 Å². The number of methoxy groups -OCH3 is 1. The van der Waals surface area contributed by atoms with Gasteiger partial charge < -0.3 is 14.9 Å². The molecule has 1 aliphatic carbocycles. The van der Waals surface area contributed by atoms with E-state index in [0.29, 0.717) is 24.5 Å². The lowest BCUT2D eigenvalue weighted by Crippen LogP contribution is -2.25. The molecule has 1 aliphatic rings. The van der Waals surface area contributed by atoms with Crippen LogP contribution in [0.2, 0.25) is 0 Å². The molecule has 5 nitrogen and oxygen atoms in total. The first kappa shape index (κ1) is 10.6. The van der Waals surface area contributed by atoms with Gasteiger partial charge in [-0.3, -0.25) is 0 Å². The molecule has 0 unspecified atom stereocenters. The largest absolute Gasteiger partial charge is 0.422 e. The van der Waals surface area contributed by atoms with E-state index in [1.54, 1.807) is 7.11 Å². The van der Waals surface area contributed by atoms with Crippen LogP contribution in [0.5, 0.6) is 0 Å². The second-order valence-electron chi connectivity index (χ2n) is 4.08. The van der Waals surface area contributed by atoms with Gasteiger partial charge in [0.05, 0.1) is 0 Å². The quantitative estimate of drug-likeness (QED) is 0.813. The van der Waals surface area contributed by atoms with Gasteiger partial charge in [-0.2, -0.15) is 0 Å². The SMILES string of the molecule is COCc1nnc(C2CCC(N)CC2)o1. The summed E-state index contributed by atoms with van der Waals surface area (Å²) in [6.07, 6.45) is 4.20. The highest BCUT2D eigenvalue weighted by Crippen LogP contribution is 2.31. The summed E-state index contributed by atoms with van der Waals surface area (Å²) in [5, 5.41) is 7.97. The number of ether oxygens (including phenoxy) is 1. The van der Waals surface area contributed by atoms with Crippen molar-refractivity contribution < 1.29 is 9.15 Å². The molecular formula is C10H17N3O2. The molecule has 0 spiro atoms. The normalized spacial score (nSPS) is 26.8. The molecule has 0 aromatic carbocycles. The monoisotopic (exact) mass is 211 g/mol. The topological polar surface area (TPSA) is 74.2 Å². The smallest absolute Gasteiger partial charge is 0.242 e. The molecule has 15 heavy (non-hydrogen) atoms. The van der Waals surface area contributed by atoms with Crippen molar-refractivity contribution in [3.05, 3.63) is 11.8 Å². The van der Waals surface area contributed by atoms with Crippen LogP contribution >= 0.6 is 0 Å². The molecule has 0 aliphatic heterocycles. The van der Waals surface area contributed by atoms with Crippen LogP contribution in [0.4, 0.5) is 0 Å². The third-order valence-electron chi connectivity index (χ3n) is 2.87. The van der Waals surface area contributed by atoms with Gasteiger partial charge in [-0.1, -0.05) is 0 Å². The number of nitrogens with zero attached hydrogens (tertiary/aromatic N) is 2. The summed E-state index contributed by atoms with van der Waals surface area (Å²) >= 11 is 0. The summed E-state index contributed by atoms with van der Waals surface area (Å²) < 4.78 is 10.4. The molecule has 0 saturated heterocycles. The van der Waals surface area contributed by atoms with E-state index in [-0.39, 0.29) is 0 Å². The first-order valence-electron chi connectivity index (χ1n) is 5.36. The van der Waals surface area contributed by atoms with Gasteiger partial charge in [0.25, 0.3) is 0 Å². The van der Waals surface area contributed by atoms with Gasteiger partial charge in [-0.05, 0) is 25.7 Å². The summed E-state index contributed by atoms with van der Waals surface area (Å²) in [7, 11) is 1.61. The minimum absolute atomic E-state index is 0.350. The van der Waals surface area contributed by atoms with Crippen LogP contribution in [0.1, 0.15) is 43.4 Å². The van der Waals surface area contributed by atoms with Crippen LogP contribution in [0.25, 0.3) is 0 Å². The van der Waals surface area contributed by atoms with Gasteiger partial charge >= 0.3 is 0 Å².